The highest BCUT2D eigenvalue weighted by atomic mass is 15.2. The summed E-state index contributed by atoms with van der Waals surface area (Å²) in [5.41, 5.74) is 5.59. The van der Waals surface area contributed by atoms with Crippen LogP contribution in [0.5, 0.6) is 0 Å². The Kier molecular flexibility index (Phi) is 4.30. The lowest BCUT2D eigenvalue weighted by atomic mass is 10.3. The molecule has 1 heterocycles. The summed E-state index contributed by atoms with van der Waals surface area (Å²) in [7, 11) is 5.88. The maximum atomic E-state index is 5.59. The summed E-state index contributed by atoms with van der Waals surface area (Å²) < 4.78 is 0. The lowest BCUT2D eigenvalue weighted by Crippen LogP contribution is -2.31. The van der Waals surface area contributed by atoms with E-state index in [-0.39, 0.29) is 5.95 Å². The van der Waals surface area contributed by atoms with Gasteiger partial charge in [0.15, 0.2) is 0 Å². The number of nitrogens with zero attached hydrogens (tertiary/aromatic N) is 3. The van der Waals surface area contributed by atoms with Gasteiger partial charge in [-0.1, -0.05) is 0 Å². The summed E-state index contributed by atoms with van der Waals surface area (Å²) in [6, 6.07) is 2.26. The lowest BCUT2D eigenvalue weighted by molar-refractivity contribution is 0.326. The number of hydrogen-bond donors (Lipinski definition) is 3. The fourth-order valence-corrected chi connectivity index (χ4v) is 1.12. The Bertz CT molecular complexity index is 338. The van der Waals surface area contributed by atoms with Gasteiger partial charge in [-0.25, -0.2) is 0 Å². The van der Waals surface area contributed by atoms with Crippen LogP contribution >= 0.6 is 0 Å². The Balaban J connectivity index is 2.63. The molecule has 1 unspecified atom stereocenters. The third kappa shape index (κ3) is 3.54. The average molecular weight is 224 g/mol. The number of nitrogen functional groups attached to an aromatic ring is 1. The molecule has 0 aliphatic carbocycles. The van der Waals surface area contributed by atoms with Crippen LogP contribution < -0.4 is 16.4 Å². The average Bonchev–Trinajstić information content (AvgIpc) is 2.24. The monoisotopic (exact) mass is 224 g/mol. The van der Waals surface area contributed by atoms with Crippen LogP contribution in [-0.2, 0) is 0 Å². The van der Waals surface area contributed by atoms with Crippen molar-refractivity contribution in [1.82, 2.24) is 14.9 Å². The van der Waals surface area contributed by atoms with Crippen LogP contribution in [0.2, 0.25) is 0 Å². The second-order valence-corrected chi connectivity index (χ2v) is 3.94. The molecule has 16 heavy (non-hydrogen) atoms. The molecule has 0 radical (unpaired) electrons. The predicted octanol–water partition coefficient (Wildman–Crippen LogP) is 0.463. The molecule has 6 nitrogen and oxygen atoms in total. The van der Waals surface area contributed by atoms with E-state index in [1.807, 2.05) is 20.2 Å². The second kappa shape index (κ2) is 5.50. The minimum Gasteiger partial charge on any atom is -0.373 e. The first-order valence-corrected chi connectivity index (χ1v) is 5.25. The number of anilines is 3. The van der Waals surface area contributed by atoms with Crippen molar-refractivity contribution in [3.63, 3.8) is 0 Å². The quantitative estimate of drug-likeness (QED) is 0.674. The van der Waals surface area contributed by atoms with Gasteiger partial charge in [-0.05, 0) is 21.0 Å². The third-order valence-corrected chi connectivity index (χ3v) is 2.46. The second-order valence-electron chi connectivity index (χ2n) is 3.94. The summed E-state index contributed by atoms with van der Waals surface area (Å²) in [4.78, 5) is 10.3. The van der Waals surface area contributed by atoms with E-state index < -0.39 is 0 Å². The zero-order valence-electron chi connectivity index (χ0n) is 10.3. The van der Waals surface area contributed by atoms with Crippen LogP contribution in [0.4, 0.5) is 17.6 Å². The van der Waals surface area contributed by atoms with Crippen molar-refractivity contribution in [2.24, 2.45) is 0 Å². The number of aromatic nitrogens is 2. The van der Waals surface area contributed by atoms with Gasteiger partial charge in [-0.3, -0.25) is 0 Å². The molecule has 0 bridgehead atoms. The normalized spacial score (nSPS) is 12.6. The summed E-state index contributed by atoms with van der Waals surface area (Å²) in [6.07, 6.45) is 0. The maximum Gasteiger partial charge on any atom is 0.223 e. The van der Waals surface area contributed by atoms with E-state index in [4.69, 9.17) is 5.73 Å². The fourth-order valence-electron chi connectivity index (χ4n) is 1.12. The molecule has 0 aliphatic heterocycles. The van der Waals surface area contributed by atoms with Crippen LogP contribution in [0.25, 0.3) is 0 Å². The standard InChI is InChI=1S/C10H20N6/c1-7(16(3)4)6-13-9-5-8(12-2)14-10(11)15-9/h5,7H,6H2,1-4H3,(H4,11,12,13,14,15). The highest BCUT2D eigenvalue weighted by Gasteiger charge is 2.05. The first-order valence-electron chi connectivity index (χ1n) is 5.25. The zero-order chi connectivity index (χ0) is 12.1. The fraction of sp³-hybridized carbons (Fsp3) is 0.600. The van der Waals surface area contributed by atoms with Gasteiger partial charge in [0, 0.05) is 25.7 Å². The van der Waals surface area contributed by atoms with Gasteiger partial charge in [0.1, 0.15) is 11.6 Å². The van der Waals surface area contributed by atoms with Crippen LogP contribution in [-0.4, -0.2) is 48.6 Å². The topological polar surface area (TPSA) is 79.1 Å². The molecular weight excluding hydrogens is 204 g/mol. The Labute approximate surface area is 96.3 Å². The van der Waals surface area contributed by atoms with Crippen molar-refractivity contribution in [2.45, 2.75) is 13.0 Å². The number of likely N-dealkylation sites (N-methyl/N-ethyl adjacent to an activating group) is 1. The molecule has 4 N–H and O–H groups in total. The Morgan fingerprint density at radius 2 is 2.00 bits per heavy atom. The van der Waals surface area contributed by atoms with Crippen LogP contribution in [0, 0.1) is 0 Å². The highest BCUT2D eigenvalue weighted by Crippen LogP contribution is 2.11. The Morgan fingerprint density at radius 3 is 2.56 bits per heavy atom. The lowest BCUT2D eigenvalue weighted by Gasteiger charge is -2.20. The number of rotatable bonds is 5. The van der Waals surface area contributed by atoms with Gasteiger partial charge < -0.3 is 21.3 Å². The van der Waals surface area contributed by atoms with E-state index in [1.54, 1.807) is 7.05 Å². The van der Waals surface area contributed by atoms with E-state index in [2.05, 4.69) is 32.4 Å². The van der Waals surface area contributed by atoms with Gasteiger partial charge in [-0.2, -0.15) is 9.97 Å². The van der Waals surface area contributed by atoms with Gasteiger partial charge in [0.05, 0.1) is 0 Å². The van der Waals surface area contributed by atoms with Gasteiger partial charge in [-0.15, -0.1) is 0 Å². The molecule has 0 fully saturated rings. The number of nitrogens with two attached hydrogens (primary N) is 1. The molecule has 90 valence electrons. The summed E-state index contributed by atoms with van der Waals surface area (Å²) in [5.74, 6) is 1.73. The van der Waals surface area contributed by atoms with Gasteiger partial charge in [0.25, 0.3) is 0 Å². The first kappa shape index (κ1) is 12.5. The van der Waals surface area contributed by atoms with Crippen molar-refractivity contribution in [3.05, 3.63) is 6.07 Å². The van der Waals surface area contributed by atoms with Crippen molar-refractivity contribution in [1.29, 1.82) is 0 Å². The molecule has 0 saturated carbocycles. The van der Waals surface area contributed by atoms with Crippen LogP contribution in [0.1, 0.15) is 6.92 Å². The Hall–Kier alpha value is -1.56. The Morgan fingerprint density at radius 1 is 1.38 bits per heavy atom. The van der Waals surface area contributed by atoms with Gasteiger partial charge in [0.2, 0.25) is 5.95 Å². The molecule has 0 saturated heterocycles. The molecule has 0 spiro atoms. The largest absolute Gasteiger partial charge is 0.373 e. The maximum absolute atomic E-state index is 5.59. The van der Waals surface area contributed by atoms with E-state index in [0.29, 0.717) is 11.9 Å². The van der Waals surface area contributed by atoms with Crippen molar-refractivity contribution in [2.75, 3.05) is 44.1 Å². The molecule has 1 rings (SSSR count). The molecule has 1 aromatic rings. The predicted molar refractivity (Wildman–Crippen MR) is 67.6 cm³/mol. The van der Waals surface area contributed by atoms with Crippen molar-refractivity contribution < 1.29 is 0 Å². The molecule has 6 heteroatoms. The molecule has 0 amide bonds. The number of hydrogen-bond acceptors (Lipinski definition) is 6. The molecule has 1 aromatic heterocycles. The minimum atomic E-state index is 0.270. The zero-order valence-corrected chi connectivity index (χ0v) is 10.3. The molecule has 0 aromatic carbocycles. The molecule has 0 aliphatic rings. The summed E-state index contributed by atoms with van der Waals surface area (Å²) in [5, 5.41) is 6.17. The number of nitrogens with one attached hydrogen (secondary N) is 2. The first-order chi connectivity index (χ1) is 7.52. The molecule has 1 atom stereocenters. The minimum absolute atomic E-state index is 0.270. The van der Waals surface area contributed by atoms with E-state index in [1.165, 1.54) is 0 Å². The highest BCUT2D eigenvalue weighted by molar-refractivity contribution is 5.50. The van der Waals surface area contributed by atoms with Crippen LogP contribution in [0.15, 0.2) is 6.07 Å². The van der Waals surface area contributed by atoms with E-state index >= 15 is 0 Å². The summed E-state index contributed by atoms with van der Waals surface area (Å²) >= 11 is 0. The van der Waals surface area contributed by atoms with Gasteiger partial charge >= 0.3 is 0 Å². The molecular formula is C10H20N6. The smallest absolute Gasteiger partial charge is 0.223 e. The van der Waals surface area contributed by atoms with Crippen molar-refractivity contribution >= 4 is 17.6 Å². The van der Waals surface area contributed by atoms with E-state index in [0.717, 1.165) is 12.4 Å². The van der Waals surface area contributed by atoms with E-state index in [9.17, 15) is 0 Å². The third-order valence-electron chi connectivity index (χ3n) is 2.46. The summed E-state index contributed by atoms with van der Waals surface area (Å²) in [6.45, 7) is 2.95. The van der Waals surface area contributed by atoms with Crippen molar-refractivity contribution in [3.8, 4) is 0 Å². The SMILES string of the molecule is CNc1cc(NCC(C)N(C)C)nc(N)n1. The van der Waals surface area contributed by atoms with Crippen LogP contribution in [0.3, 0.4) is 0 Å².